The molecule has 0 saturated carbocycles. The quantitative estimate of drug-likeness (QED) is 0.668. The molecule has 14 heavy (non-hydrogen) atoms. The van der Waals surface area contributed by atoms with Crippen molar-refractivity contribution in [1.29, 1.82) is 0 Å². The van der Waals surface area contributed by atoms with E-state index in [4.69, 9.17) is 0 Å². The second kappa shape index (κ2) is 3.02. The van der Waals surface area contributed by atoms with Crippen molar-refractivity contribution in [1.82, 2.24) is 0 Å². The van der Waals surface area contributed by atoms with Crippen molar-refractivity contribution < 1.29 is 5.11 Å². The normalized spacial score (nSPS) is 10.8. The van der Waals surface area contributed by atoms with Crippen LogP contribution in [0.25, 0.3) is 10.8 Å². The monoisotopic (exact) mass is 186 g/mol. The summed E-state index contributed by atoms with van der Waals surface area (Å²) in [6, 6.07) is 8.08. The minimum Gasteiger partial charge on any atom is -0.508 e. The Morgan fingerprint density at radius 3 is 2.36 bits per heavy atom. The molecule has 0 aliphatic carbocycles. The fraction of sp³-hybridized carbons (Fsp3) is 0.231. The smallest absolute Gasteiger partial charge is 0.119 e. The van der Waals surface area contributed by atoms with Gasteiger partial charge in [0.15, 0.2) is 0 Å². The van der Waals surface area contributed by atoms with Gasteiger partial charge in [0.2, 0.25) is 0 Å². The highest BCUT2D eigenvalue weighted by Crippen LogP contribution is 2.30. The van der Waals surface area contributed by atoms with Gasteiger partial charge in [-0.05, 0) is 54.3 Å². The Bertz CT molecular complexity index is 498. The molecule has 2 aromatic carbocycles. The van der Waals surface area contributed by atoms with Gasteiger partial charge in [-0.1, -0.05) is 18.2 Å². The van der Waals surface area contributed by atoms with Gasteiger partial charge in [-0.3, -0.25) is 0 Å². The van der Waals surface area contributed by atoms with Crippen LogP contribution in [0.3, 0.4) is 0 Å². The molecule has 0 radical (unpaired) electrons. The number of aryl methyl sites for hydroxylation is 2. The minimum atomic E-state index is 0.393. The predicted molar refractivity (Wildman–Crippen MR) is 59.8 cm³/mol. The first-order chi connectivity index (χ1) is 6.61. The Morgan fingerprint density at radius 1 is 0.929 bits per heavy atom. The lowest BCUT2D eigenvalue weighted by Crippen LogP contribution is -1.87. The molecule has 1 N–H and O–H groups in total. The van der Waals surface area contributed by atoms with E-state index in [1.54, 1.807) is 0 Å². The summed E-state index contributed by atoms with van der Waals surface area (Å²) in [4.78, 5) is 0. The SMILES string of the molecule is Cc1c(O)cc2c(C)cccc2c1C. The van der Waals surface area contributed by atoms with E-state index >= 15 is 0 Å². The van der Waals surface area contributed by atoms with Gasteiger partial charge in [-0.2, -0.15) is 0 Å². The van der Waals surface area contributed by atoms with Gasteiger partial charge in [0.1, 0.15) is 5.75 Å². The molecule has 0 aliphatic rings. The molecule has 2 aromatic rings. The number of benzene rings is 2. The summed E-state index contributed by atoms with van der Waals surface area (Å²) >= 11 is 0. The average molecular weight is 186 g/mol. The summed E-state index contributed by atoms with van der Waals surface area (Å²) < 4.78 is 0. The van der Waals surface area contributed by atoms with E-state index in [-0.39, 0.29) is 0 Å². The van der Waals surface area contributed by atoms with E-state index < -0.39 is 0 Å². The van der Waals surface area contributed by atoms with Crippen molar-refractivity contribution in [2.45, 2.75) is 20.8 Å². The first-order valence-electron chi connectivity index (χ1n) is 4.79. The van der Waals surface area contributed by atoms with Crippen LogP contribution in [-0.4, -0.2) is 5.11 Å². The first-order valence-corrected chi connectivity index (χ1v) is 4.79. The Labute approximate surface area is 84.0 Å². The number of aromatic hydroxyl groups is 1. The molecule has 72 valence electrons. The molecular formula is C13H14O. The van der Waals surface area contributed by atoms with E-state index in [1.807, 2.05) is 13.0 Å². The molecule has 0 unspecified atom stereocenters. The predicted octanol–water partition coefficient (Wildman–Crippen LogP) is 3.47. The highest BCUT2D eigenvalue weighted by molar-refractivity contribution is 5.90. The van der Waals surface area contributed by atoms with Crippen LogP contribution in [0.2, 0.25) is 0 Å². The summed E-state index contributed by atoms with van der Waals surface area (Å²) in [5, 5.41) is 12.1. The number of hydrogen-bond acceptors (Lipinski definition) is 1. The van der Waals surface area contributed by atoms with Crippen LogP contribution in [-0.2, 0) is 0 Å². The van der Waals surface area contributed by atoms with Crippen LogP contribution in [0, 0.1) is 20.8 Å². The fourth-order valence-corrected chi connectivity index (χ4v) is 1.84. The third-order valence-electron chi connectivity index (χ3n) is 2.96. The minimum absolute atomic E-state index is 0.393. The highest BCUT2D eigenvalue weighted by atomic mass is 16.3. The molecule has 0 spiro atoms. The van der Waals surface area contributed by atoms with Gasteiger partial charge in [0.05, 0.1) is 0 Å². The lowest BCUT2D eigenvalue weighted by Gasteiger charge is -2.09. The van der Waals surface area contributed by atoms with Crippen LogP contribution < -0.4 is 0 Å². The maximum atomic E-state index is 9.72. The zero-order valence-electron chi connectivity index (χ0n) is 8.76. The molecule has 0 bridgehead atoms. The molecule has 0 heterocycles. The van der Waals surface area contributed by atoms with E-state index in [2.05, 4.69) is 32.0 Å². The summed E-state index contributed by atoms with van der Waals surface area (Å²) in [6.45, 7) is 6.07. The standard InChI is InChI=1S/C13H14O/c1-8-5-4-6-11-9(2)10(3)13(14)7-12(8)11/h4-7,14H,1-3H3. The molecule has 0 amide bonds. The molecule has 0 fully saturated rings. The number of phenols is 1. The zero-order valence-corrected chi connectivity index (χ0v) is 8.76. The van der Waals surface area contributed by atoms with Crippen molar-refractivity contribution in [3.8, 4) is 5.75 Å². The molecule has 2 rings (SSSR count). The fourth-order valence-electron chi connectivity index (χ4n) is 1.84. The maximum Gasteiger partial charge on any atom is 0.119 e. The number of rotatable bonds is 0. The maximum absolute atomic E-state index is 9.72. The Balaban J connectivity index is 2.98. The Morgan fingerprint density at radius 2 is 1.64 bits per heavy atom. The van der Waals surface area contributed by atoms with Gasteiger partial charge in [-0.25, -0.2) is 0 Å². The van der Waals surface area contributed by atoms with Crippen molar-refractivity contribution in [2.24, 2.45) is 0 Å². The molecular weight excluding hydrogens is 172 g/mol. The second-order valence-corrected chi connectivity index (χ2v) is 3.82. The largest absolute Gasteiger partial charge is 0.508 e. The second-order valence-electron chi connectivity index (χ2n) is 3.82. The van der Waals surface area contributed by atoms with Crippen molar-refractivity contribution >= 4 is 10.8 Å². The van der Waals surface area contributed by atoms with Gasteiger partial charge in [0, 0.05) is 0 Å². The third-order valence-corrected chi connectivity index (χ3v) is 2.96. The van der Waals surface area contributed by atoms with Crippen LogP contribution in [0.5, 0.6) is 5.75 Å². The van der Waals surface area contributed by atoms with Crippen LogP contribution in [0.15, 0.2) is 24.3 Å². The lowest BCUT2D eigenvalue weighted by molar-refractivity contribution is 0.471. The van der Waals surface area contributed by atoms with Crippen LogP contribution >= 0.6 is 0 Å². The number of hydrogen-bond donors (Lipinski definition) is 1. The van der Waals surface area contributed by atoms with Crippen molar-refractivity contribution in [2.75, 3.05) is 0 Å². The molecule has 0 aliphatic heterocycles. The third kappa shape index (κ3) is 1.17. The topological polar surface area (TPSA) is 20.2 Å². The Kier molecular flexibility index (Phi) is 1.95. The van der Waals surface area contributed by atoms with E-state index in [0.717, 1.165) is 10.9 Å². The van der Waals surface area contributed by atoms with Crippen LogP contribution in [0.1, 0.15) is 16.7 Å². The first kappa shape index (κ1) is 9.07. The molecule has 0 aromatic heterocycles. The number of fused-ring (bicyclic) bond motifs is 1. The molecule has 0 saturated heterocycles. The molecule has 1 nitrogen and oxygen atoms in total. The van der Waals surface area contributed by atoms with Gasteiger partial charge < -0.3 is 5.11 Å². The van der Waals surface area contributed by atoms with Gasteiger partial charge in [-0.15, -0.1) is 0 Å². The summed E-state index contributed by atoms with van der Waals surface area (Å²) in [7, 11) is 0. The summed E-state index contributed by atoms with van der Waals surface area (Å²) in [5.41, 5.74) is 3.35. The summed E-state index contributed by atoms with van der Waals surface area (Å²) in [5.74, 6) is 0.393. The van der Waals surface area contributed by atoms with E-state index in [1.165, 1.54) is 16.5 Å². The highest BCUT2D eigenvalue weighted by Gasteiger charge is 2.06. The Hall–Kier alpha value is -1.50. The van der Waals surface area contributed by atoms with E-state index in [0.29, 0.717) is 5.75 Å². The zero-order chi connectivity index (χ0) is 10.3. The number of phenolic OH excluding ortho intramolecular Hbond substituents is 1. The van der Waals surface area contributed by atoms with Gasteiger partial charge in [0.25, 0.3) is 0 Å². The summed E-state index contributed by atoms with van der Waals surface area (Å²) in [6.07, 6.45) is 0. The van der Waals surface area contributed by atoms with E-state index in [9.17, 15) is 5.11 Å². The molecule has 0 atom stereocenters. The van der Waals surface area contributed by atoms with Crippen molar-refractivity contribution in [3.05, 3.63) is 41.0 Å². The van der Waals surface area contributed by atoms with Crippen molar-refractivity contribution in [3.63, 3.8) is 0 Å². The van der Waals surface area contributed by atoms with Crippen LogP contribution in [0.4, 0.5) is 0 Å². The van der Waals surface area contributed by atoms with Gasteiger partial charge >= 0.3 is 0 Å². The average Bonchev–Trinajstić information content (AvgIpc) is 2.17. The lowest BCUT2D eigenvalue weighted by atomic mass is 9.97. The molecule has 1 heteroatoms.